The van der Waals surface area contributed by atoms with Crippen molar-refractivity contribution in [3.05, 3.63) is 29.8 Å². The molecule has 1 fully saturated rings. The number of alkyl halides is 3. The molecule has 0 saturated carbocycles. The number of carbonyl (C=O) groups excluding carboxylic acids is 1. The number of hydrogen-bond acceptors (Lipinski definition) is 2. The molecule has 20 heavy (non-hydrogen) atoms. The minimum absolute atomic E-state index is 0.152. The normalized spacial score (nSPS) is 19.6. The fourth-order valence-electron chi connectivity index (χ4n) is 1.90. The van der Waals surface area contributed by atoms with Crippen LogP contribution in [0.1, 0.15) is 18.0 Å². The predicted octanol–water partition coefficient (Wildman–Crippen LogP) is 2.43. The fraction of sp³-hybridized carbons (Fsp3) is 0.462. The van der Waals surface area contributed by atoms with E-state index in [4.69, 9.17) is 4.74 Å². The summed E-state index contributed by atoms with van der Waals surface area (Å²) in [6.07, 6.45) is -5.57. The van der Waals surface area contributed by atoms with Crippen LogP contribution in [0.3, 0.4) is 0 Å². The third-order valence-corrected chi connectivity index (χ3v) is 2.93. The minimum Gasteiger partial charge on any atom is -0.493 e. The van der Waals surface area contributed by atoms with Gasteiger partial charge in [0.1, 0.15) is 5.75 Å². The van der Waals surface area contributed by atoms with Crippen molar-refractivity contribution in [3.8, 4) is 5.75 Å². The Balaban J connectivity index is 1.96. The smallest absolute Gasteiger partial charge is 0.336 e. The Bertz CT molecular complexity index is 471. The van der Waals surface area contributed by atoms with E-state index in [1.54, 1.807) is 24.3 Å². The van der Waals surface area contributed by atoms with Crippen molar-refractivity contribution in [2.24, 2.45) is 0 Å². The van der Waals surface area contributed by atoms with Gasteiger partial charge in [0.15, 0.2) is 6.17 Å². The quantitative estimate of drug-likeness (QED) is 0.873. The van der Waals surface area contributed by atoms with E-state index in [1.165, 1.54) is 0 Å². The van der Waals surface area contributed by atoms with Crippen LogP contribution < -0.4 is 15.4 Å². The van der Waals surface area contributed by atoms with Crippen molar-refractivity contribution in [2.75, 3.05) is 13.2 Å². The summed E-state index contributed by atoms with van der Waals surface area (Å²) in [5.74, 6) is 0.441. The number of urea groups is 1. The van der Waals surface area contributed by atoms with Crippen LogP contribution >= 0.6 is 0 Å². The summed E-state index contributed by atoms with van der Waals surface area (Å²) in [7, 11) is 0. The van der Waals surface area contributed by atoms with Crippen molar-refractivity contribution >= 4 is 6.03 Å². The average molecular weight is 287 g/mol. The summed E-state index contributed by atoms with van der Waals surface area (Å²) in [4.78, 5) is 11.1. The zero-order valence-electron chi connectivity index (χ0n) is 10.6. The van der Waals surface area contributed by atoms with Crippen LogP contribution in [-0.2, 0) is 0 Å². The van der Waals surface area contributed by atoms with Gasteiger partial charge in [0.05, 0.1) is 19.2 Å². The molecular weight excluding hydrogens is 273 g/mol. The number of halogens is 3. The van der Waals surface area contributed by atoms with E-state index in [-0.39, 0.29) is 19.1 Å². The maximum absolute atomic E-state index is 12.8. The Labute approximate surface area is 114 Å². The third kappa shape index (κ3) is 3.55. The Morgan fingerprint density at radius 3 is 2.75 bits per heavy atom. The first kappa shape index (κ1) is 14.5. The van der Waals surface area contributed by atoms with Crippen molar-refractivity contribution in [3.63, 3.8) is 0 Å². The van der Waals surface area contributed by atoms with Crippen LogP contribution in [-0.4, -0.2) is 31.8 Å². The van der Waals surface area contributed by atoms with Crippen molar-refractivity contribution in [1.29, 1.82) is 0 Å². The topological polar surface area (TPSA) is 52.4 Å². The van der Waals surface area contributed by atoms with Gasteiger partial charge in [-0.2, -0.15) is 0 Å². The molecule has 109 valence electrons. The number of amides is 2. The largest absolute Gasteiger partial charge is 0.493 e. The minimum atomic E-state index is -3.00. The molecule has 0 aromatic heterocycles. The van der Waals surface area contributed by atoms with Gasteiger partial charge in [0.25, 0.3) is 6.43 Å². The summed E-state index contributed by atoms with van der Waals surface area (Å²) >= 11 is 0. The van der Waals surface area contributed by atoms with Gasteiger partial charge in [-0.3, -0.25) is 0 Å². The summed E-state index contributed by atoms with van der Waals surface area (Å²) in [6.45, 7) is 0.141. The lowest BCUT2D eigenvalue weighted by atomic mass is 10.1. The molecule has 2 rings (SSSR count). The number of benzene rings is 1. The van der Waals surface area contributed by atoms with Gasteiger partial charge in [-0.1, -0.05) is 18.2 Å². The molecule has 0 spiro atoms. The molecule has 1 aliphatic rings. The number of para-hydroxylation sites is 1. The van der Waals surface area contributed by atoms with E-state index in [0.717, 1.165) is 0 Å². The van der Waals surface area contributed by atoms with E-state index in [2.05, 4.69) is 10.6 Å². The number of hydrogen-bond donors (Lipinski definition) is 1. The van der Waals surface area contributed by atoms with Crippen LogP contribution in [0.2, 0.25) is 0 Å². The molecule has 1 saturated heterocycles. The summed E-state index contributed by atoms with van der Waals surface area (Å²) in [5, 5.41) is 6.35. The predicted molar refractivity (Wildman–Crippen MR) is 65.7 cm³/mol. The van der Waals surface area contributed by atoms with Crippen LogP contribution in [0.4, 0.5) is 18.0 Å². The summed E-state index contributed by atoms with van der Waals surface area (Å²) < 4.78 is 42.2. The standard InChI is InChI=1S/C13H14F3N2O2/c14-9(12(15)16)5-6-20-11-4-2-1-3-8(11)10-7-17-13(19)18-10/h1-4,9-10,12H,5-7H2,(H,18,19). The fourth-order valence-corrected chi connectivity index (χ4v) is 1.90. The van der Waals surface area contributed by atoms with Crippen LogP contribution in [0.15, 0.2) is 24.3 Å². The first-order valence-electron chi connectivity index (χ1n) is 6.20. The van der Waals surface area contributed by atoms with Gasteiger partial charge >= 0.3 is 6.03 Å². The molecular formula is C13H14F3N2O2. The number of ether oxygens (including phenoxy) is 1. The number of nitrogens with zero attached hydrogens (tertiary/aromatic N) is 1. The maximum Gasteiger partial charge on any atom is 0.336 e. The number of nitrogens with one attached hydrogen (secondary N) is 1. The van der Waals surface area contributed by atoms with Gasteiger partial charge in [-0.15, -0.1) is 0 Å². The molecule has 4 nitrogen and oxygen atoms in total. The van der Waals surface area contributed by atoms with Crippen molar-refractivity contribution in [1.82, 2.24) is 10.6 Å². The van der Waals surface area contributed by atoms with Crippen molar-refractivity contribution < 1.29 is 22.7 Å². The molecule has 1 heterocycles. The zero-order chi connectivity index (χ0) is 14.5. The zero-order valence-corrected chi connectivity index (χ0v) is 10.6. The average Bonchev–Trinajstić information content (AvgIpc) is 2.85. The maximum atomic E-state index is 12.8. The van der Waals surface area contributed by atoms with Gasteiger partial charge in [-0.05, 0) is 6.07 Å². The van der Waals surface area contributed by atoms with Crippen LogP contribution in [0, 0.1) is 0 Å². The number of rotatable bonds is 6. The molecule has 1 aromatic carbocycles. The lowest BCUT2D eigenvalue weighted by molar-refractivity contribution is 0.0377. The highest BCUT2D eigenvalue weighted by atomic mass is 19.3. The van der Waals surface area contributed by atoms with Gasteiger partial charge < -0.3 is 10.1 Å². The highest BCUT2D eigenvalue weighted by Crippen LogP contribution is 2.27. The van der Waals surface area contributed by atoms with E-state index >= 15 is 0 Å². The van der Waals surface area contributed by atoms with Crippen LogP contribution in [0.5, 0.6) is 5.75 Å². The van der Waals surface area contributed by atoms with Gasteiger partial charge in [-0.25, -0.2) is 23.3 Å². The molecule has 1 aliphatic heterocycles. The molecule has 2 amide bonds. The lowest BCUT2D eigenvalue weighted by Crippen LogP contribution is -2.20. The molecule has 0 bridgehead atoms. The molecule has 2 atom stereocenters. The first-order valence-corrected chi connectivity index (χ1v) is 6.20. The van der Waals surface area contributed by atoms with E-state index in [0.29, 0.717) is 17.9 Å². The monoisotopic (exact) mass is 287 g/mol. The highest BCUT2D eigenvalue weighted by molar-refractivity contribution is 5.76. The molecule has 2 unspecified atom stereocenters. The van der Waals surface area contributed by atoms with Gasteiger partial charge in [0, 0.05) is 12.0 Å². The molecule has 1 aromatic rings. The SMILES string of the molecule is O=C1[N]CC(c2ccccc2OCCC(F)C(F)F)N1. The third-order valence-electron chi connectivity index (χ3n) is 2.93. The van der Waals surface area contributed by atoms with E-state index in [9.17, 15) is 18.0 Å². The Hall–Kier alpha value is -1.92. The summed E-state index contributed by atoms with van der Waals surface area (Å²) in [5.41, 5.74) is 0.703. The van der Waals surface area contributed by atoms with Crippen LogP contribution in [0.25, 0.3) is 0 Å². The lowest BCUT2D eigenvalue weighted by Gasteiger charge is -2.15. The second kappa shape index (κ2) is 6.49. The molecule has 1 N–H and O–H groups in total. The Morgan fingerprint density at radius 2 is 2.10 bits per heavy atom. The van der Waals surface area contributed by atoms with E-state index < -0.39 is 18.6 Å². The summed E-state index contributed by atoms with van der Waals surface area (Å²) in [6, 6.07) is 6.19. The van der Waals surface area contributed by atoms with Crippen molar-refractivity contribution in [2.45, 2.75) is 25.1 Å². The molecule has 1 radical (unpaired) electrons. The highest BCUT2D eigenvalue weighted by Gasteiger charge is 2.26. The van der Waals surface area contributed by atoms with Gasteiger partial charge in [0.2, 0.25) is 0 Å². The number of carbonyl (C=O) groups is 1. The Kier molecular flexibility index (Phi) is 4.70. The molecule has 7 heteroatoms. The first-order chi connectivity index (χ1) is 9.58. The van der Waals surface area contributed by atoms with E-state index in [1.807, 2.05) is 0 Å². The second-order valence-corrected chi connectivity index (χ2v) is 4.37. The second-order valence-electron chi connectivity index (χ2n) is 4.37. The Morgan fingerprint density at radius 1 is 1.35 bits per heavy atom. The molecule has 0 aliphatic carbocycles.